The van der Waals surface area contributed by atoms with Gasteiger partial charge >= 0.3 is 0 Å². The fraction of sp³-hybridized carbons (Fsp3) is 0.700. The smallest absolute Gasteiger partial charge is 0.131 e. The van der Waals surface area contributed by atoms with Crippen molar-refractivity contribution in [3.8, 4) is 0 Å². The van der Waals surface area contributed by atoms with E-state index in [1.54, 1.807) is 0 Å². The number of hydrogen-bond acceptors (Lipinski definition) is 5. The van der Waals surface area contributed by atoms with E-state index in [4.69, 9.17) is 10.7 Å². The molecule has 3 rings (SSSR count). The van der Waals surface area contributed by atoms with Gasteiger partial charge in [-0.15, -0.1) is 0 Å². The van der Waals surface area contributed by atoms with E-state index in [1.807, 2.05) is 6.20 Å². The number of aliphatic hydroxyl groups is 1. The Morgan fingerprint density at radius 2 is 2.12 bits per heavy atom. The quantitative estimate of drug-likeness (QED) is 0.599. The van der Waals surface area contributed by atoms with Crippen LogP contribution in [0.25, 0.3) is 11.0 Å². The third kappa shape index (κ3) is 5.02. The number of unbranched alkanes of at least 4 members (excludes halogenated alkanes) is 2. The van der Waals surface area contributed by atoms with Crippen LogP contribution >= 0.6 is 0 Å². The number of nitrogens with one attached hydrogen (secondary N) is 1. The number of piperidine rings is 1. The summed E-state index contributed by atoms with van der Waals surface area (Å²) in [5.41, 5.74) is 9.06. The van der Waals surface area contributed by atoms with Gasteiger partial charge in [0.05, 0.1) is 23.3 Å². The van der Waals surface area contributed by atoms with Crippen molar-refractivity contribution in [2.24, 2.45) is 5.73 Å². The van der Waals surface area contributed by atoms with Gasteiger partial charge in [-0.3, -0.25) is 0 Å². The van der Waals surface area contributed by atoms with Gasteiger partial charge in [0, 0.05) is 25.2 Å². The maximum atomic E-state index is 9.57. The fourth-order valence-corrected chi connectivity index (χ4v) is 3.76. The SMILES string of the molecule is CC(CCN)c1ncc2[nH]cc(CCCCCN3CCC(O)CC3)c2n1. The van der Waals surface area contributed by atoms with Gasteiger partial charge in [0.15, 0.2) is 0 Å². The van der Waals surface area contributed by atoms with Crippen LogP contribution in [-0.4, -0.2) is 57.2 Å². The number of aromatic nitrogens is 3. The second kappa shape index (κ2) is 9.44. The standard InChI is InChI=1S/C20H33N5O/c1-15(6-9-21)20-23-14-18-19(24-20)16(13-22-18)5-3-2-4-10-25-11-7-17(26)8-12-25/h13-15,17,22,26H,2-12,21H2,1H3. The number of nitrogens with zero attached hydrogens (tertiary/aromatic N) is 3. The highest BCUT2D eigenvalue weighted by Crippen LogP contribution is 2.21. The molecule has 0 spiro atoms. The van der Waals surface area contributed by atoms with E-state index in [-0.39, 0.29) is 6.10 Å². The predicted molar refractivity (Wildman–Crippen MR) is 105 cm³/mol. The van der Waals surface area contributed by atoms with Crippen LogP contribution in [0.2, 0.25) is 0 Å². The molecule has 6 heteroatoms. The first-order valence-electron chi connectivity index (χ1n) is 10.1. The molecule has 4 N–H and O–H groups in total. The lowest BCUT2D eigenvalue weighted by Gasteiger charge is -2.29. The lowest BCUT2D eigenvalue weighted by Crippen LogP contribution is -2.36. The van der Waals surface area contributed by atoms with Gasteiger partial charge in [-0.2, -0.15) is 0 Å². The number of hydrogen-bond donors (Lipinski definition) is 3. The first-order valence-corrected chi connectivity index (χ1v) is 10.1. The van der Waals surface area contributed by atoms with E-state index < -0.39 is 0 Å². The molecule has 0 bridgehead atoms. The van der Waals surface area contributed by atoms with Crippen LogP contribution in [0.15, 0.2) is 12.4 Å². The van der Waals surface area contributed by atoms with Crippen LogP contribution in [0.5, 0.6) is 0 Å². The molecule has 1 aliphatic heterocycles. The molecular weight excluding hydrogens is 326 g/mol. The first kappa shape index (κ1) is 19.3. The van der Waals surface area contributed by atoms with Crippen molar-refractivity contribution < 1.29 is 5.11 Å². The zero-order valence-electron chi connectivity index (χ0n) is 16.0. The van der Waals surface area contributed by atoms with Crippen molar-refractivity contribution in [1.29, 1.82) is 0 Å². The van der Waals surface area contributed by atoms with Crippen molar-refractivity contribution in [2.75, 3.05) is 26.2 Å². The molecule has 1 fully saturated rings. The summed E-state index contributed by atoms with van der Waals surface area (Å²) < 4.78 is 0. The third-order valence-corrected chi connectivity index (χ3v) is 5.53. The van der Waals surface area contributed by atoms with Gasteiger partial charge in [-0.1, -0.05) is 13.3 Å². The summed E-state index contributed by atoms with van der Waals surface area (Å²) in [7, 11) is 0. The zero-order valence-corrected chi connectivity index (χ0v) is 16.0. The van der Waals surface area contributed by atoms with E-state index in [1.165, 1.54) is 24.8 Å². The van der Waals surface area contributed by atoms with Crippen molar-refractivity contribution in [3.05, 3.63) is 23.8 Å². The van der Waals surface area contributed by atoms with Gasteiger partial charge in [0.1, 0.15) is 5.82 Å². The van der Waals surface area contributed by atoms with Crippen LogP contribution in [-0.2, 0) is 6.42 Å². The molecule has 1 atom stereocenters. The number of aromatic amines is 1. The molecule has 144 valence electrons. The van der Waals surface area contributed by atoms with Gasteiger partial charge < -0.3 is 20.7 Å². The highest BCUT2D eigenvalue weighted by atomic mass is 16.3. The molecule has 1 saturated heterocycles. The topological polar surface area (TPSA) is 91.1 Å². The second-order valence-corrected chi connectivity index (χ2v) is 7.67. The van der Waals surface area contributed by atoms with E-state index >= 15 is 0 Å². The van der Waals surface area contributed by atoms with Crippen LogP contribution < -0.4 is 5.73 Å². The Labute approximate surface area is 156 Å². The average molecular weight is 360 g/mol. The summed E-state index contributed by atoms with van der Waals surface area (Å²) in [4.78, 5) is 15.1. The molecule has 2 aromatic heterocycles. The molecule has 3 heterocycles. The number of rotatable bonds is 9. The second-order valence-electron chi connectivity index (χ2n) is 7.67. The monoisotopic (exact) mass is 359 g/mol. The van der Waals surface area contributed by atoms with Crippen molar-refractivity contribution in [1.82, 2.24) is 19.9 Å². The van der Waals surface area contributed by atoms with E-state index in [0.717, 1.165) is 62.2 Å². The van der Waals surface area contributed by atoms with Crippen molar-refractivity contribution in [3.63, 3.8) is 0 Å². The van der Waals surface area contributed by atoms with Crippen LogP contribution in [0, 0.1) is 0 Å². The molecule has 0 saturated carbocycles. The number of fused-ring (bicyclic) bond motifs is 1. The molecule has 1 aliphatic rings. The first-order chi connectivity index (χ1) is 12.7. The molecule has 2 aromatic rings. The van der Waals surface area contributed by atoms with Crippen LogP contribution in [0.3, 0.4) is 0 Å². The molecule has 26 heavy (non-hydrogen) atoms. The minimum atomic E-state index is -0.0763. The van der Waals surface area contributed by atoms with Crippen LogP contribution in [0.1, 0.15) is 62.8 Å². The molecule has 0 amide bonds. The third-order valence-electron chi connectivity index (χ3n) is 5.53. The number of nitrogens with two attached hydrogens (primary N) is 1. The van der Waals surface area contributed by atoms with E-state index in [9.17, 15) is 5.11 Å². The van der Waals surface area contributed by atoms with Gasteiger partial charge in [0.25, 0.3) is 0 Å². The Balaban J connectivity index is 1.47. The van der Waals surface area contributed by atoms with Gasteiger partial charge in [0.2, 0.25) is 0 Å². The molecule has 0 aromatic carbocycles. The number of H-pyrrole nitrogens is 1. The molecule has 0 radical (unpaired) electrons. The minimum absolute atomic E-state index is 0.0763. The Kier molecular flexibility index (Phi) is 7.00. The van der Waals surface area contributed by atoms with E-state index in [0.29, 0.717) is 12.5 Å². The normalized spacial score (nSPS) is 17.8. The van der Waals surface area contributed by atoms with E-state index in [2.05, 4.69) is 28.0 Å². The van der Waals surface area contributed by atoms with Gasteiger partial charge in [-0.05, 0) is 57.2 Å². The van der Waals surface area contributed by atoms with Gasteiger partial charge in [-0.25, -0.2) is 9.97 Å². The zero-order chi connectivity index (χ0) is 18.4. The van der Waals surface area contributed by atoms with Crippen molar-refractivity contribution >= 4 is 11.0 Å². The number of likely N-dealkylation sites (tertiary alicyclic amines) is 1. The average Bonchev–Trinajstić information content (AvgIpc) is 3.05. The summed E-state index contributed by atoms with van der Waals surface area (Å²) >= 11 is 0. The Morgan fingerprint density at radius 1 is 1.31 bits per heavy atom. The fourth-order valence-electron chi connectivity index (χ4n) is 3.76. The lowest BCUT2D eigenvalue weighted by molar-refractivity contribution is 0.0818. The number of aryl methyl sites for hydroxylation is 1. The molecule has 1 unspecified atom stereocenters. The minimum Gasteiger partial charge on any atom is -0.393 e. The Morgan fingerprint density at radius 3 is 2.88 bits per heavy atom. The summed E-state index contributed by atoms with van der Waals surface area (Å²) in [6, 6.07) is 0. The summed E-state index contributed by atoms with van der Waals surface area (Å²) in [5.74, 6) is 1.20. The molecular formula is C20H33N5O. The molecule has 0 aliphatic carbocycles. The summed E-state index contributed by atoms with van der Waals surface area (Å²) in [6.07, 6.45) is 11.4. The molecule has 6 nitrogen and oxygen atoms in total. The lowest BCUT2D eigenvalue weighted by atomic mass is 10.1. The maximum Gasteiger partial charge on any atom is 0.131 e. The predicted octanol–water partition coefficient (Wildman–Crippen LogP) is 2.58. The Hall–Kier alpha value is -1.50. The summed E-state index contributed by atoms with van der Waals surface area (Å²) in [6.45, 7) is 6.05. The Bertz CT molecular complexity index is 678. The van der Waals surface area contributed by atoms with Crippen LogP contribution in [0.4, 0.5) is 0 Å². The highest BCUT2D eigenvalue weighted by Gasteiger charge is 2.16. The number of aliphatic hydroxyl groups excluding tert-OH is 1. The van der Waals surface area contributed by atoms with Crippen molar-refractivity contribution in [2.45, 2.75) is 63.9 Å². The maximum absolute atomic E-state index is 9.57. The highest BCUT2D eigenvalue weighted by molar-refractivity contribution is 5.78. The largest absolute Gasteiger partial charge is 0.393 e. The summed E-state index contributed by atoms with van der Waals surface area (Å²) in [5, 5.41) is 9.57.